The van der Waals surface area contributed by atoms with Crippen LogP contribution >= 0.6 is 0 Å². The van der Waals surface area contributed by atoms with Crippen LogP contribution in [0, 0.1) is 6.92 Å². The van der Waals surface area contributed by atoms with Gasteiger partial charge in [0.2, 0.25) is 5.95 Å². The van der Waals surface area contributed by atoms with Crippen molar-refractivity contribution in [3.05, 3.63) is 54.4 Å². The zero-order valence-corrected chi connectivity index (χ0v) is 12.5. The van der Waals surface area contributed by atoms with Crippen LogP contribution in [0.5, 0.6) is 0 Å². The Morgan fingerprint density at radius 3 is 2.68 bits per heavy atom. The van der Waals surface area contributed by atoms with Crippen molar-refractivity contribution >= 4 is 23.3 Å². The third-order valence-corrected chi connectivity index (χ3v) is 3.17. The molecule has 0 aliphatic heterocycles. The molecule has 22 heavy (non-hydrogen) atoms. The zero-order valence-electron chi connectivity index (χ0n) is 12.5. The number of aromatic nitrogens is 3. The predicted octanol–water partition coefficient (Wildman–Crippen LogP) is 3.67. The molecule has 0 bridgehead atoms. The summed E-state index contributed by atoms with van der Waals surface area (Å²) >= 11 is 0. The van der Waals surface area contributed by atoms with E-state index in [4.69, 9.17) is 4.52 Å². The number of benzene rings is 1. The molecule has 2 aromatic heterocycles. The molecular weight excluding hydrogens is 278 g/mol. The first kappa shape index (κ1) is 14.1. The predicted molar refractivity (Wildman–Crippen MR) is 85.7 cm³/mol. The summed E-state index contributed by atoms with van der Waals surface area (Å²) in [5.74, 6) is 2.64. The van der Waals surface area contributed by atoms with Crippen LogP contribution in [-0.4, -0.2) is 21.7 Å². The number of anilines is 4. The Morgan fingerprint density at radius 1 is 1.18 bits per heavy atom. The van der Waals surface area contributed by atoms with E-state index in [-0.39, 0.29) is 0 Å². The third-order valence-electron chi connectivity index (χ3n) is 3.17. The van der Waals surface area contributed by atoms with Crippen molar-refractivity contribution in [1.29, 1.82) is 0 Å². The number of rotatable bonds is 5. The van der Waals surface area contributed by atoms with Gasteiger partial charge in [0.1, 0.15) is 11.6 Å². The average molecular weight is 295 g/mol. The smallest absolute Gasteiger partial charge is 0.230 e. The highest BCUT2D eigenvalue weighted by atomic mass is 16.5. The molecule has 0 spiro atoms. The third kappa shape index (κ3) is 3.06. The van der Waals surface area contributed by atoms with Crippen molar-refractivity contribution in [2.45, 2.75) is 13.8 Å². The Morgan fingerprint density at radius 2 is 2.00 bits per heavy atom. The first-order valence-corrected chi connectivity index (χ1v) is 7.12. The molecule has 0 atom stereocenters. The fraction of sp³-hybridized carbons (Fsp3) is 0.188. The summed E-state index contributed by atoms with van der Waals surface area (Å²) in [6, 6.07) is 13.8. The minimum Gasteiger partial charge on any atom is -0.360 e. The summed E-state index contributed by atoms with van der Waals surface area (Å²) in [5.41, 5.74) is 1.09. The molecule has 3 aromatic rings. The molecule has 0 unspecified atom stereocenters. The Labute approximate surface area is 128 Å². The minimum absolute atomic E-state index is 0.486. The maximum Gasteiger partial charge on any atom is 0.230 e. The summed E-state index contributed by atoms with van der Waals surface area (Å²) in [6.45, 7) is 4.73. The van der Waals surface area contributed by atoms with Gasteiger partial charge in [-0.1, -0.05) is 23.4 Å². The van der Waals surface area contributed by atoms with Gasteiger partial charge in [0.25, 0.3) is 0 Å². The standard InChI is InChI=1S/C16H17N5O/c1-3-21(13-7-5-4-6-8-13)15-9-10-17-16(19-15)18-14-11-12(2)22-20-14/h4-11H,3H2,1-2H3,(H,17,18,19,20). The van der Waals surface area contributed by atoms with Gasteiger partial charge in [-0.2, -0.15) is 4.98 Å². The van der Waals surface area contributed by atoms with Crippen molar-refractivity contribution in [2.24, 2.45) is 0 Å². The first-order valence-electron chi connectivity index (χ1n) is 7.12. The summed E-state index contributed by atoms with van der Waals surface area (Å²) in [6.07, 6.45) is 1.73. The molecule has 2 heterocycles. The van der Waals surface area contributed by atoms with Gasteiger partial charge in [-0.25, -0.2) is 4.98 Å². The quantitative estimate of drug-likeness (QED) is 0.774. The molecular formula is C16H17N5O. The monoisotopic (exact) mass is 295 g/mol. The second kappa shape index (κ2) is 6.26. The van der Waals surface area contributed by atoms with Crippen LogP contribution in [0.25, 0.3) is 0 Å². The van der Waals surface area contributed by atoms with E-state index in [0.717, 1.165) is 23.8 Å². The van der Waals surface area contributed by atoms with E-state index >= 15 is 0 Å². The molecule has 0 saturated carbocycles. The van der Waals surface area contributed by atoms with Crippen molar-refractivity contribution < 1.29 is 4.52 Å². The highest BCUT2D eigenvalue weighted by molar-refractivity contribution is 5.61. The topological polar surface area (TPSA) is 67.1 Å². The van der Waals surface area contributed by atoms with Crippen LogP contribution < -0.4 is 10.2 Å². The lowest BCUT2D eigenvalue weighted by molar-refractivity contribution is 0.400. The van der Waals surface area contributed by atoms with Crippen LogP contribution in [0.4, 0.5) is 23.3 Å². The first-order chi connectivity index (χ1) is 10.8. The van der Waals surface area contributed by atoms with Crippen LogP contribution in [0.1, 0.15) is 12.7 Å². The summed E-state index contributed by atoms with van der Waals surface area (Å²) in [7, 11) is 0. The van der Waals surface area contributed by atoms with Crippen LogP contribution in [-0.2, 0) is 0 Å². The molecule has 1 N–H and O–H groups in total. The van der Waals surface area contributed by atoms with Crippen LogP contribution in [0.15, 0.2) is 53.2 Å². The number of nitrogens with one attached hydrogen (secondary N) is 1. The van der Waals surface area contributed by atoms with Gasteiger partial charge < -0.3 is 14.7 Å². The normalized spacial score (nSPS) is 10.5. The van der Waals surface area contributed by atoms with Crippen LogP contribution in [0.2, 0.25) is 0 Å². The molecule has 0 amide bonds. The summed E-state index contributed by atoms with van der Waals surface area (Å²) < 4.78 is 5.03. The molecule has 0 fully saturated rings. The number of para-hydroxylation sites is 1. The number of nitrogens with zero attached hydrogens (tertiary/aromatic N) is 4. The maximum atomic E-state index is 5.03. The van der Waals surface area contributed by atoms with Gasteiger partial charge in [-0.15, -0.1) is 0 Å². The van der Waals surface area contributed by atoms with Crippen molar-refractivity contribution in [3.8, 4) is 0 Å². The Kier molecular flexibility index (Phi) is 4.00. The van der Waals surface area contributed by atoms with Gasteiger partial charge in [0.05, 0.1) is 0 Å². The lowest BCUT2D eigenvalue weighted by Gasteiger charge is -2.22. The van der Waals surface area contributed by atoms with Gasteiger partial charge in [0, 0.05) is 24.5 Å². The van der Waals surface area contributed by atoms with E-state index in [1.807, 2.05) is 31.2 Å². The minimum atomic E-state index is 0.486. The van der Waals surface area contributed by atoms with Crippen molar-refractivity contribution in [1.82, 2.24) is 15.1 Å². The lowest BCUT2D eigenvalue weighted by Crippen LogP contribution is -2.17. The molecule has 1 aromatic carbocycles. The van der Waals surface area contributed by atoms with Gasteiger partial charge in [-0.3, -0.25) is 0 Å². The molecule has 0 saturated heterocycles. The van der Waals surface area contributed by atoms with E-state index in [0.29, 0.717) is 11.8 Å². The molecule has 0 aliphatic carbocycles. The molecule has 0 aliphatic rings. The average Bonchev–Trinajstić information content (AvgIpc) is 2.95. The molecule has 3 rings (SSSR count). The number of hydrogen-bond acceptors (Lipinski definition) is 6. The van der Waals surface area contributed by atoms with E-state index in [1.54, 1.807) is 12.3 Å². The van der Waals surface area contributed by atoms with E-state index in [2.05, 4.69) is 44.4 Å². The SMILES string of the molecule is CCN(c1ccccc1)c1ccnc(Nc2cc(C)on2)n1. The fourth-order valence-electron chi connectivity index (χ4n) is 2.18. The highest BCUT2D eigenvalue weighted by Crippen LogP contribution is 2.24. The number of aryl methyl sites for hydroxylation is 1. The number of hydrogen-bond donors (Lipinski definition) is 1. The lowest BCUT2D eigenvalue weighted by atomic mass is 10.3. The van der Waals surface area contributed by atoms with Gasteiger partial charge in [0.15, 0.2) is 5.82 Å². The fourth-order valence-corrected chi connectivity index (χ4v) is 2.18. The van der Waals surface area contributed by atoms with Gasteiger partial charge in [-0.05, 0) is 32.0 Å². The summed E-state index contributed by atoms with van der Waals surface area (Å²) in [4.78, 5) is 10.9. The largest absolute Gasteiger partial charge is 0.360 e. The van der Waals surface area contributed by atoms with E-state index in [9.17, 15) is 0 Å². The second-order valence-corrected chi connectivity index (χ2v) is 4.77. The van der Waals surface area contributed by atoms with Crippen molar-refractivity contribution in [3.63, 3.8) is 0 Å². The Hall–Kier alpha value is -2.89. The molecule has 6 heteroatoms. The van der Waals surface area contributed by atoms with E-state index in [1.165, 1.54) is 0 Å². The molecule has 6 nitrogen and oxygen atoms in total. The maximum absolute atomic E-state index is 5.03. The Balaban J connectivity index is 1.86. The van der Waals surface area contributed by atoms with Crippen molar-refractivity contribution in [2.75, 3.05) is 16.8 Å². The molecule has 112 valence electrons. The summed E-state index contributed by atoms with van der Waals surface area (Å²) in [5, 5.41) is 6.93. The Bertz CT molecular complexity index is 741. The zero-order chi connectivity index (χ0) is 15.4. The van der Waals surface area contributed by atoms with Crippen LogP contribution in [0.3, 0.4) is 0 Å². The molecule has 0 radical (unpaired) electrons. The van der Waals surface area contributed by atoms with Gasteiger partial charge >= 0.3 is 0 Å². The highest BCUT2D eigenvalue weighted by Gasteiger charge is 2.10. The second-order valence-electron chi connectivity index (χ2n) is 4.77. The van der Waals surface area contributed by atoms with E-state index < -0.39 is 0 Å².